The van der Waals surface area contributed by atoms with Gasteiger partial charge in [-0.1, -0.05) is 315 Å². The highest BCUT2D eigenvalue weighted by atomic mass is 32.1. The Labute approximate surface area is 667 Å². The number of aromatic amines is 1. The highest BCUT2D eigenvalue weighted by molar-refractivity contribution is 7.26. The molecule has 0 amide bonds. The molecular formula is C110H70N4S. The summed E-state index contributed by atoms with van der Waals surface area (Å²) in [6, 6.07) is 153. The summed E-state index contributed by atoms with van der Waals surface area (Å²) in [6.07, 6.45) is 0. The second kappa shape index (κ2) is 27.0. The van der Waals surface area contributed by atoms with Gasteiger partial charge in [0.05, 0.1) is 38.6 Å². The summed E-state index contributed by atoms with van der Waals surface area (Å²) >= 11 is 1.89. The molecule has 0 atom stereocenters. The number of fused-ring (bicyclic) bond motifs is 17. The summed E-state index contributed by atoms with van der Waals surface area (Å²) in [4.78, 5) is 3.85. The van der Waals surface area contributed by atoms with E-state index in [1.807, 2.05) is 11.3 Å². The molecule has 115 heavy (non-hydrogen) atoms. The molecular weight excluding hydrogens is 1410 g/mol. The number of nitrogens with one attached hydrogen (secondary N) is 1. The molecule has 0 saturated carbocycles. The molecule has 24 rings (SSSR count). The van der Waals surface area contributed by atoms with Crippen molar-refractivity contribution >= 4 is 140 Å². The lowest BCUT2D eigenvalue weighted by Crippen LogP contribution is -1.95. The van der Waals surface area contributed by atoms with E-state index in [0.29, 0.717) is 0 Å². The zero-order valence-corrected chi connectivity index (χ0v) is 63.4. The number of nitrogens with zero attached hydrogens (tertiary/aromatic N) is 3. The Morgan fingerprint density at radius 2 is 0.496 bits per heavy atom. The van der Waals surface area contributed by atoms with E-state index in [9.17, 15) is 0 Å². The molecule has 0 spiro atoms. The number of thiophene rings is 1. The van der Waals surface area contributed by atoms with Crippen molar-refractivity contribution in [1.82, 2.24) is 18.7 Å². The number of para-hydroxylation sites is 7. The lowest BCUT2D eigenvalue weighted by Gasteiger charge is -2.18. The van der Waals surface area contributed by atoms with Gasteiger partial charge in [-0.05, 0) is 191 Å². The minimum Gasteiger partial charge on any atom is -0.354 e. The van der Waals surface area contributed by atoms with Crippen LogP contribution in [0.15, 0.2) is 419 Å². The van der Waals surface area contributed by atoms with Gasteiger partial charge in [0, 0.05) is 97.0 Å². The maximum atomic E-state index is 3.85. The highest BCUT2D eigenvalue weighted by Crippen LogP contribution is 2.49. The molecule has 0 saturated heterocycles. The predicted octanol–water partition coefficient (Wildman–Crippen LogP) is 30.6. The Kier molecular flexibility index (Phi) is 15.5. The van der Waals surface area contributed by atoms with E-state index >= 15 is 0 Å². The Balaban J connectivity index is 0.000000139. The van der Waals surface area contributed by atoms with Gasteiger partial charge >= 0.3 is 0 Å². The molecule has 5 aromatic heterocycles. The Morgan fingerprint density at radius 1 is 0.183 bits per heavy atom. The zero-order valence-electron chi connectivity index (χ0n) is 62.6. The molecule has 4 nitrogen and oxygen atoms in total. The van der Waals surface area contributed by atoms with E-state index in [4.69, 9.17) is 0 Å². The molecule has 0 bridgehead atoms. The third-order valence-electron chi connectivity index (χ3n) is 23.9. The van der Waals surface area contributed by atoms with Crippen LogP contribution < -0.4 is 0 Å². The van der Waals surface area contributed by atoms with Crippen LogP contribution in [0.25, 0.3) is 224 Å². The first-order valence-electron chi connectivity index (χ1n) is 39.5. The number of hydrogen-bond donors (Lipinski definition) is 1. The Bertz CT molecular complexity index is 7350. The smallest absolute Gasteiger partial charge is 0.0550 e. The van der Waals surface area contributed by atoms with Crippen molar-refractivity contribution in [2.45, 2.75) is 0 Å². The van der Waals surface area contributed by atoms with Crippen molar-refractivity contribution in [3.05, 3.63) is 419 Å². The van der Waals surface area contributed by atoms with Crippen molar-refractivity contribution in [2.24, 2.45) is 0 Å². The minimum atomic E-state index is 1.15. The average molecular weight is 1480 g/mol. The molecule has 5 heterocycles. The van der Waals surface area contributed by atoms with Crippen molar-refractivity contribution in [2.75, 3.05) is 0 Å². The van der Waals surface area contributed by atoms with Crippen LogP contribution in [0.5, 0.6) is 0 Å². The van der Waals surface area contributed by atoms with Crippen LogP contribution in [0.1, 0.15) is 0 Å². The van der Waals surface area contributed by atoms with E-state index in [2.05, 4.69) is 437 Å². The molecule has 0 aliphatic heterocycles. The zero-order chi connectivity index (χ0) is 75.6. The lowest BCUT2D eigenvalue weighted by molar-refractivity contribution is 1.18. The van der Waals surface area contributed by atoms with Crippen LogP contribution in [-0.2, 0) is 0 Å². The van der Waals surface area contributed by atoms with Gasteiger partial charge in [-0.3, -0.25) is 0 Å². The van der Waals surface area contributed by atoms with Crippen molar-refractivity contribution in [3.63, 3.8) is 0 Å². The van der Waals surface area contributed by atoms with Gasteiger partial charge in [-0.15, -0.1) is 11.3 Å². The standard InChI is InChI=1S/C60H39N3.C50H31NS/c1-7-19-55-49(13-1)50-14-2-8-20-56(50)61(55)46-31-25-40(26-32-46)43-37-44(41-27-33-47(34-28-41)62-57-21-9-3-15-51(57)52-16-4-10-22-58(52)62)39-45(38-43)42-29-35-48(36-30-42)63-59-23-11-5-17-53(59)54-18-6-12-24-60(54)63;1-2-13-31(14-3-1)46-36-17-4-6-19-38(36)47(39-20-7-5-18-37(39)46)32-25-27-33(28-26-32)48-40(29-30-41-34-15-8-10-23-44(34)51-49(41)48)43-22-12-21-42-35-16-9-11-24-45(35)52-50(42)43/h1-39H;1-30,51H. The summed E-state index contributed by atoms with van der Waals surface area (Å²) in [5.41, 5.74) is 30.1. The molecule has 0 unspecified atom stereocenters. The van der Waals surface area contributed by atoms with Gasteiger partial charge in [-0.25, -0.2) is 0 Å². The molecule has 0 aliphatic carbocycles. The third-order valence-corrected chi connectivity index (χ3v) is 25.1. The van der Waals surface area contributed by atoms with Crippen LogP contribution in [0.3, 0.4) is 0 Å². The molecule has 0 radical (unpaired) electrons. The number of benzene rings is 19. The molecule has 1 N–H and O–H groups in total. The predicted molar refractivity (Wildman–Crippen MR) is 491 cm³/mol. The number of H-pyrrole nitrogens is 1. The monoisotopic (exact) mass is 1480 g/mol. The topological polar surface area (TPSA) is 30.6 Å². The fourth-order valence-corrected chi connectivity index (χ4v) is 19.9. The summed E-state index contributed by atoms with van der Waals surface area (Å²) in [7, 11) is 0. The Morgan fingerprint density at radius 3 is 0.904 bits per heavy atom. The maximum Gasteiger partial charge on any atom is 0.0550 e. The van der Waals surface area contributed by atoms with E-state index in [1.54, 1.807) is 0 Å². The molecule has 536 valence electrons. The van der Waals surface area contributed by atoms with Crippen LogP contribution in [-0.4, -0.2) is 18.7 Å². The normalized spacial score (nSPS) is 11.8. The SMILES string of the molecule is c1ccc(-c2c3ccccc3c(-c3ccc(-c4c(-c5cccc6c5sc5ccccc56)ccc5c4[nH]c4ccccc45)cc3)c3ccccc23)cc1.c1ccc2c(c1)c1ccccc1n2-c1ccc(-c2cc(-c3ccc(-n4c5ccccc5c5ccccc54)cc3)cc(-c3ccc(-n4c5ccccc5c5ccccc54)cc3)c2)cc1. The van der Waals surface area contributed by atoms with Crippen molar-refractivity contribution in [1.29, 1.82) is 0 Å². The fraction of sp³-hybridized carbons (Fsp3) is 0. The van der Waals surface area contributed by atoms with Crippen molar-refractivity contribution < 1.29 is 0 Å². The van der Waals surface area contributed by atoms with E-state index < -0.39 is 0 Å². The fourth-order valence-electron chi connectivity index (χ4n) is 18.7. The summed E-state index contributed by atoms with van der Waals surface area (Å²) in [5, 5.41) is 17.8. The van der Waals surface area contributed by atoms with E-state index in [0.717, 1.165) is 22.6 Å². The lowest BCUT2D eigenvalue weighted by atomic mass is 9.85. The number of rotatable bonds is 10. The van der Waals surface area contributed by atoms with Gasteiger partial charge in [-0.2, -0.15) is 0 Å². The molecule has 5 heteroatoms. The third kappa shape index (κ3) is 10.8. The summed E-state index contributed by atoms with van der Waals surface area (Å²) in [5.74, 6) is 0. The first-order chi connectivity index (χ1) is 57.1. The van der Waals surface area contributed by atoms with Crippen LogP contribution in [0.4, 0.5) is 0 Å². The van der Waals surface area contributed by atoms with Gasteiger partial charge in [0.2, 0.25) is 0 Å². The second-order valence-electron chi connectivity index (χ2n) is 30.2. The Hall–Kier alpha value is -14.9. The maximum absolute atomic E-state index is 3.85. The average Bonchev–Trinajstić information content (AvgIpc) is 1.73. The van der Waals surface area contributed by atoms with Gasteiger partial charge in [0.15, 0.2) is 0 Å². The molecule has 0 aliphatic rings. The summed E-state index contributed by atoms with van der Waals surface area (Å²) in [6.45, 7) is 0. The largest absolute Gasteiger partial charge is 0.354 e. The summed E-state index contributed by atoms with van der Waals surface area (Å²) < 4.78 is 9.80. The molecule has 0 fully saturated rings. The second-order valence-corrected chi connectivity index (χ2v) is 31.2. The van der Waals surface area contributed by atoms with Gasteiger partial charge in [0.25, 0.3) is 0 Å². The number of hydrogen-bond acceptors (Lipinski definition) is 1. The first-order valence-corrected chi connectivity index (χ1v) is 40.3. The van der Waals surface area contributed by atoms with Crippen LogP contribution in [0, 0.1) is 0 Å². The molecule has 24 aromatic rings. The van der Waals surface area contributed by atoms with Crippen molar-refractivity contribution in [3.8, 4) is 95.0 Å². The first kappa shape index (κ1) is 66.0. The highest BCUT2D eigenvalue weighted by Gasteiger charge is 2.23. The minimum absolute atomic E-state index is 1.15. The van der Waals surface area contributed by atoms with Crippen LogP contribution in [0.2, 0.25) is 0 Å². The van der Waals surface area contributed by atoms with E-state index in [-0.39, 0.29) is 0 Å². The van der Waals surface area contributed by atoms with Crippen LogP contribution >= 0.6 is 11.3 Å². The van der Waals surface area contributed by atoms with E-state index in [1.165, 1.54) is 201 Å². The van der Waals surface area contributed by atoms with Gasteiger partial charge < -0.3 is 18.7 Å². The number of aromatic nitrogens is 4. The quantitative estimate of drug-likeness (QED) is 0.132. The molecule has 19 aromatic carbocycles. The van der Waals surface area contributed by atoms with Gasteiger partial charge in [0.1, 0.15) is 0 Å².